The lowest BCUT2D eigenvalue weighted by Gasteiger charge is -2.52. The largest absolute Gasteiger partial charge is 0.386 e. The fourth-order valence-electron chi connectivity index (χ4n) is 2.76. The first kappa shape index (κ1) is 9.44. The molecular formula is C10H19NO2. The second kappa shape index (κ2) is 2.94. The third-order valence-corrected chi connectivity index (χ3v) is 4.12. The molecule has 76 valence electrons. The third kappa shape index (κ3) is 1.07. The number of hydrogen-bond donors (Lipinski definition) is 2. The van der Waals surface area contributed by atoms with Crippen LogP contribution in [0.15, 0.2) is 0 Å². The quantitative estimate of drug-likeness (QED) is 0.659. The van der Waals surface area contributed by atoms with Gasteiger partial charge in [0.2, 0.25) is 0 Å². The molecule has 0 spiro atoms. The minimum Gasteiger partial charge on any atom is -0.386 e. The summed E-state index contributed by atoms with van der Waals surface area (Å²) in [6.07, 6.45) is 3.33. The summed E-state index contributed by atoms with van der Waals surface area (Å²) in [6, 6.07) is 0. The van der Waals surface area contributed by atoms with Gasteiger partial charge in [-0.2, -0.15) is 0 Å². The molecule has 3 heteroatoms. The Kier molecular flexibility index (Phi) is 2.13. The molecule has 0 aromatic heterocycles. The van der Waals surface area contributed by atoms with E-state index in [2.05, 4.69) is 6.92 Å². The molecule has 1 aliphatic carbocycles. The lowest BCUT2D eigenvalue weighted by molar-refractivity contribution is -0.141. The van der Waals surface area contributed by atoms with E-state index in [4.69, 9.17) is 10.5 Å². The number of ether oxygens (including phenoxy) is 1. The highest BCUT2D eigenvalue weighted by atomic mass is 16.5. The predicted molar refractivity (Wildman–Crippen MR) is 50.3 cm³/mol. The minimum atomic E-state index is -0.653. The average molecular weight is 185 g/mol. The Balaban J connectivity index is 2.21. The van der Waals surface area contributed by atoms with Crippen molar-refractivity contribution in [2.45, 2.75) is 31.8 Å². The fourth-order valence-corrected chi connectivity index (χ4v) is 2.76. The van der Waals surface area contributed by atoms with Crippen LogP contribution < -0.4 is 5.73 Å². The number of nitrogens with two attached hydrogens (primary N) is 1. The second-order valence-corrected chi connectivity index (χ2v) is 4.68. The van der Waals surface area contributed by atoms with Crippen molar-refractivity contribution in [1.29, 1.82) is 0 Å². The van der Waals surface area contributed by atoms with Gasteiger partial charge >= 0.3 is 0 Å². The molecule has 0 amide bonds. The van der Waals surface area contributed by atoms with Gasteiger partial charge in [0.05, 0.1) is 18.8 Å². The van der Waals surface area contributed by atoms with Gasteiger partial charge in [-0.25, -0.2) is 0 Å². The molecule has 2 unspecified atom stereocenters. The van der Waals surface area contributed by atoms with Gasteiger partial charge in [-0.1, -0.05) is 13.3 Å². The van der Waals surface area contributed by atoms with E-state index in [1.54, 1.807) is 0 Å². The molecule has 0 aromatic rings. The third-order valence-electron chi connectivity index (χ3n) is 4.12. The van der Waals surface area contributed by atoms with E-state index in [9.17, 15) is 5.11 Å². The van der Waals surface area contributed by atoms with Crippen molar-refractivity contribution in [1.82, 2.24) is 0 Å². The van der Waals surface area contributed by atoms with E-state index in [-0.39, 0.29) is 11.3 Å². The van der Waals surface area contributed by atoms with E-state index in [1.165, 1.54) is 6.42 Å². The van der Waals surface area contributed by atoms with E-state index in [0.29, 0.717) is 19.8 Å². The second-order valence-electron chi connectivity index (χ2n) is 4.68. The molecule has 0 aromatic carbocycles. The lowest BCUT2D eigenvalue weighted by Crippen LogP contribution is -2.60. The molecule has 13 heavy (non-hydrogen) atoms. The highest BCUT2D eigenvalue weighted by Crippen LogP contribution is 2.53. The number of rotatable bonds is 2. The van der Waals surface area contributed by atoms with E-state index in [0.717, 1.165) is 12.8 Å². The molecular weight excluding hydrogens is 166 g/mol. The van der Waals surface area contributed by atoms with E-state index >= 15 is 0 Å². The summed E-state index contributed by atoms with van der Waals surface area (Å²) in [5.41, 5.74) is 5.09. The molecule has 1 saturated heterocycles. The van der Waals surface area contributed by atoms with Crippen LogP contribution in [-0.2, 0) is 4.74 Å². The first-order valence-corrected chi connectivity index (χ1v) is 5.15. The maximum atomic E-state index is 10.5. The summed E-state index contributed by atoms with van der Waals surface area (Å²) in [4.78, 5) is 0. The molecule has 3 nitrogen and oxygen atoms in total. The highest BCUT2D eigenvalue weighted by Gasteiger charge is 2.58. The first-order valence-electron chi connectivity index (χ1n) is 5.15. The smallest absolute Gasteiger partial charge is 0.0995 e. The number of hydrogen-bond acceptors (Lipinski definition) is 3. The van der Waals surface area contributed by atoms with Crippen molar-refractivity contribution in [3.05, 3.63) is 0 Å². The SMILES string of the molecule is CC1COCC1(O)C1(CN)CCC1. The van der Waals surface area contributed by atoms with Gasteiger partial charge in [-0.3, -0.25) is 0 Å². The van der Waals surface area contributed by atoms with Gasteiger partial charge in [0, 0.05) is 17.9 Å². The zero-order valence-electron chi connectivity index (χ0n) is 8.25. The summed E-state index contributed by atoms with van der Waals surface area (Å²) < 4.78 is 5.35. The van der Waals surface area contributed by atoms with Crippen molar-refractivity contribution in [3.63, 3.8) is 0 Å². The van der Waals surface area contributed by atoms with Gasteiger partial charge in [-0.05, 0) is 12.8 Å². The van der Waals surface area contributed by atoms with Crippen LogP contribution in [0.4, 0.5) is 0 Å². The van der Waals surface area contributed by atoms with Crippen molar-refractivity contribution < 1.29 is 9.84 Å². The summed E-state index contributed by atoms with van der Waals surface area (Å²) in [5.74, 6) is 0.233. The van der Waals surface area contributed by atoms with Gasteiger partial charge < -0.3 is 15.6 Å². The van der Waals surface area contributed by atoms with Crippen LogP contribution in [0.25, 0.3) is 0 Å². The minimum absolute atomic E-state index is 0.0388. The summed E-state index contributed by atoms with van der Waals surface area (Å²) in [7, 11) is 0. The zero-order valence-corrected chi connectivity index (χ0v) is 8.25. The molecule has 2 fully saturated rings. The molecule has 0 bridgehead atoms. The van der Waals surface area contributed by atoms with Crippen LogP contribution in [0.2, 0.25) is 0 Å². The zero-order chi connectivity index (χ0) is 9.53. The molecule has 2 aliphatic rings. The van der Waals surface area contributed by atoms with E-state index < -0.39 is 5.60 Å². The molecule has 2 rings (SSSR count). The van der Waals surface area contributed by atoms with Crippen LogP contribution in [0.5, 0.6) is 0 Å². The summed E-state index contributed by atoms with van der Waals surface area (Å²) in [6.45, 7) is 3.81. The van der Waals surface area contributed by atoms with Crippen LogP contribution >= 0.6 is 0 Å². The Morgan fingerprint density at radius 3 is 2.54 bits per heavy atom. The molecule has 0 radical (unpaired) electrons. The van der Waals surface area contributed by atoms with Gasteiger partial charge in [-0.15, -0.1) is 0 Å². The average Bonchev–Trinajstić information content (AvgIpc) is 2.32. The van der Waals surface area contributed by atoms with E-state index in [1.807, 2.05) is 0 Å². The normalized spacial score (nSPS) is 43.2. The van der Waals surface area contributed by atoms with Crippen LogP contribution in [0.1, 0.15) is 26.2 Å². The Morgan fingerprint density at radius 2 is 2.23 bits per heavy atom. The first-order chi connectivity index (χ1) is 6.15. The standard InChI is InChI=1S/C10H19NO2/c1-8-5-13-7-10(8,12)9(6-11)3-2-4-9/h8,12H,2-7,11H2,1H3. The van der Waals surface area contributed by atoms with Gasteiger partial charge in [0.25, 0.3) is 0 Å². The summed E-state index contributed by atoms with van der Waals surface area (Å²) in [5, 5.41) is 10.5. The maximum absolute atomic E-state index is 10.5. The molecule has 1 heterocycles. The van der Waals surface area contributed by atoms with Crippen molar-refractivity contribution in [3.8, 4) is 0 Å². The van der Waals surface area contributed by atoms with Gasteiger partial charge in [0.1, 0.15) is 0 Å². The fraction of sp³-hybridized carbons (Fsp3) is 1.00. The summed E-state index contributed by atoms with van der Waals surface area (Å²) >= 11 is 0. The number of aliphatic hydroxyl groups is 1. The predicted octanol–water partition coefficient (Wildman–Crippen LogP) is 0.513. The monoisotopic (exact) mass is 185 g/mol. The highest BCUT2D eigenvalue weighted by molar-refractivity contribution is 5.08. The Bertz CT molecular complexity index is 198. The van der Waals surface area contributed by atoms with Crippen LogP contribution in [-0.4, -0.2) is 30.5 Å². The Labute approximate surface area is 79.3 Å². The Hall–Kier alpha value is -0.120. The van der Waals surface area contributed by atoms with Crippen molar-refractivity contribution in [2.24, 2.45) is 17.1 Å². The van der Waals surface area contributed by atoms with Crippen molar-refractivity contribution >= 4 is 0 Å². The lowest BCUT2D eigenvalue weighted by atomic mass is 9.56. The van der Waals surface area contributed by atoms with Crippen molar-refractivity contribution in [2.75, 3.05) is 19.8 Å². The maximum Gasteiger partial charge on any atom is 0.0995 e. The van der Waals surface area contributed by atoms with Gasteiger partial charge in [0.15, 0.2) is 0 Å². The van der Waals surface area contributed by atoms with Crippen LogP contribution in [0.3, 0.4) is 0 Å². The molecule has 3 N–H and O–H groups in total. The topological polar surface area (TPSA) is 55.5 Å². The molecule has 2 atom stereocenters. The molecule has 1 saturated carbocycles. The molecule has 1 aliphatic heterocycles. The Morgan fingerprint density at radius 1 is 1.54 bits per heavy atom. The van der Waals surface area contributed by atoms with Crippen LogP contribution in [0, 0.1) is 11.3 Å².